The summed E-state index contributed by atoms with van der Waals surface area (Å²) in [5.41, 5.74) is 0.624. The van der Waals surface area contributed by atoms with Crippen LogP contribution in [-0.4, -0.2) is 65.2 Å². The number of nitrogens with zero attached hydrogens (tertiary/aromatic N) is 4. The van der Waals surface area contributed by atoms with Gasteiger partial charge in [-0.05, 0) is 57.7 Å². The lowest BCUT2D eigenvalue weighted by Crippen LogP contribution is -2.37. The molecule has 1 atom stereocenters. The summed E-state index contributed by atoms with van der Waals surface area (Å²) < 4.78 is 5.53. The molecule has 1 fully saturated rings. The predicted molar refractivity (Wildman–Crippen MR) is 123 cm³/mol. The summed E-state index contributed by atoms with van der Waals surface area (Å²) in [5.74, 6) is 0.0828. The van der Waals surface area contributed by atoms with Crippen LogP contribution in [0.4, 0.5) is 0 Å². The highest BCUT2D eigenvalue weighted by atomic mass is 16.5. The molecular formula is C24H44N4O3. The number of carbonyl (C=O) groups is 1. The fourth-order valence-corrected chi connectivity index (χ4v) is 5.00. The van der Waals surface area contributed by atoms with E-state index < -0.39 is 5.97 Å². The Balaban J connectivity index is 1.99. The van der Waals surface area contributed by atoms with Gasteiger partial charge in [0.05, 0.1) is 13.0 Å². The van der Waals surface area contributed by atoms with E-state index in [4.69, 9.17) is 4.52 Å². The van der Waals surface area contributed by atoms with Crippen molar-refractivity contribution in [3.05, 3.63) is 11.7 Å². The van der Waals surface area contributed by atoms with Crippen LogP contribution < -0.4 is 0 Å². The molecule has 0 unspecified atom stereocenters. The van der Waals surface area contributed by atoms with Crippen LogP contribution in [0.2, 0.25) is 0 Å². The van der Waals surface area contributed by atoms with E-state index in [1.165, 1.54) is 32.1 Å². The van der Waals surface area contributed by atoms with Crippen LogP contribution in [0.3, 0.4) is 0 Å². The lowest BCUT2D eigenvalue weighted by molar-refractivity contribution is -0.137. The van der Waals surface area contributed by atoms with Crippen LogP contribution in [0.15, 0.2) is 4.52 Å². The minimum atomic E-state index is -0.809. The molecule has 0 saturated heterocycles. The van der Waals surface area contributed by atoms with E-state index in [1.54, 1.807) is 0 Å². The molecule has 1 aromatic rings. The number of rotatable bonds is 12. The zero-order valence-electron chi connectivity index (χ0n) is 20.6. The van der Waals surface area contributed by atoms with Gasteiger partial charge in [-0.15, -0.1) is 0 Å². The van der Waals surface area contributed by atoms with E-state index >= 15 is 0 Å². The van der Waals surface area contributed by atoms with Gasteiger partial charge in [-0.25, -0.2) is 0 Å². The molecule has 0 amide bonds. The molecule has 0 bridgehead atoms. The van der Waals surface area contributed by atoms with Crippen molar-refractivity contribution in [3.63, 3.8) is 0 Å². The van der Waals surface area contributed by atoms with Crippen molar-refractivity contribution in [2.24, 2.45) is 10.8 Å². The van der Waals surface area contributed by atoms with E-state index in [0.717, 1.165) is 32.4 Å². The number of carboxylic acid groups (broad SMARTS) is 1. The lowest BCUT2D eigenvalue weighted by atomic mass is 9.57. The van der Waals surface area contributed by atoms with Gasteiger partial charge in [-0.2, -0.15) is 4.98 Å². The Hall–Kier alpha value is -1.47. The Morgan fingerprint density at radius 2 is 1.84 bits per heavy atom. The molecule has 1 aromatic heterocycles. The number of aliphatic carboxylic acids is 1. The molecule has 0 aliphatic heterocycles. The molecule has 1 saturated carbocycles. The zero-order chi connectivity index (χ0) is 23.1. The predicted octanol–water partition coefficient (Wildman–Crippen LogP) is 4.79. The van der Waals surface area contributed by atoms with Gasteiger partial charge in [-0.3, -0.25) is 9.69 Å². The van der Waals surface area contributed by atoms with Gasteiger partial charge >= 0.3 is 5.97 Å². The summed E-state index contributed by atoms with van der Waals surface area (Å²) in [6, 6.07) is 0. The Morgan fingerprint density at radius 3 is 2.42 bits per heavy atom. The largest absolute Gasteiger partial charge is 0.481 e. The molecule has 0 aromatic carbocycles. The van der Waals surface area contributed by atoms with Crippen molar-refractivity contribution < 1.29 is 14.4 Å². The van der Waals surface area contributed by atoms with E-state index in [-0.39, 0.29) is 17.8 Å². The van der Waals surface area contributed by atoms with Crippen molar-refractivity contribution in [1.29, 1.82) is 0 Å². The van der Waals surface area contributed by atoms with Crippen molar-refractivity contribution in [2.45, 2.75) is 91.0 Å². The maximum Gasteiger partial charge on any atom is 0.304 e. The van der Waals surface area contributed by atoms with Crippen LogP contribution in [0.1, 0.15) is 96.2 Å². The van der Waals surface area contributed by atoms with Crippen LogP contribution in [0, 0.1) is 10.8 Å². The summed E-state index contributed by atoms with van der Waals surface area (Å²) in [6.45, 7) is 9.56. The highest BCUT2D eigenvalue weighted by molar-refractivity contribution is 5.67. The number of likely N-dealkylation sites (N-methyl/N-ethyl adjacent to an activating group) is 2. The van der Waals surface area contributed by atoms with Crippen LogP contribution in [-0.2, 0) is 11.3 Å². The van der Waals surface area contributed by atoms with Crippen LogP contribution >= 0.6 is 0 Å². The number of hydrogen-bond acceptors (Lipinski definition) is 6. The molecular weight excluding hydrogens is 392 g/mol. The van der Waals surface area contributed by atoms with E-state index in [2.05, 4.69) is 40.7 Å². The van der Waals surface area contributed by atoms with Crippen LogP contribution in [0.25, 0.3) is 0 Å². The highest BCUT2D eigenvalue weighted by Crippen LogP contribution is 2.53. The highest BCUT2D eigenvalue weighted by Gasteiger charge is 2.41. The Labute approximate surface area is 188 Å². The molecule has 1 aliphatic carbocycles. The Morgan fingerprint density at radius 1 is 1.16 bits per heavy atom. The first-order valence-electron chi connectivity index (χ1n) is 11.9. The third-order valence-electron chi connectivity index (χ3n) is 7.20. The first kappa shape index (κ1) is 25.8. The van der Waals surface area contributed by atoms with Gasteiger partial charge in [0.25, 0.3) is 0 Å². The molecule has 178 valence electrons. The SMILES string of the molecule is CN(C)CCN(C)Cc1noc([C@H](CCCC2(C(C)(C)C)CCCCC2)CC(=O)O)n1. The van der Waals surface area contributed by atoms with E-state index in [9.17, 15) is 9.90 Å². The average Bonchev–Trinajstić information content (AvgIpc) is 3.13. The second kappa shape index (κ2) is 11.4. The van der Waals surface area contributed by atoms with Gasteiger partial charge in [0.2, 0.25) is 5.89 Å². The Bertz CT molecular complexity index is 675. The first-order valence-corrected chi connectivity index (χ1v) is 11.9. The van der Waals surface area contributed by atoms with Crippen molar-refractivity contribution in [1.82, 2.24) is 19.9 Å². The maximum atomic E-state index is 11.5. The maximum absolute atomic E-state index is 11.5. The fourth-order valence-electron chi connectivity index (χ4n) is 5.00. The van der Waals surface area contributed by atoms with Gasteiger partial charge in [-0.1, -0.05) is 51.6 Å². The molecule has 2 rings (SSSR count). The average molecular weight is 437 g/mol. The number of carboxylic acids is 1. The quantitative estimate of drug-likeness (QED) is 0.504. The minimum absolute atomic E-state index is 0.0423. The standard InChI is InChI=1S/C24H44N4O3/c1-23(2,3)24(12-8-7-9-13-24)14-10-11-19(17-21(29)30)22-25-20(26-31-22)18-28(6)16-15-27(4)5/h19H,7-18H2,1-6H3,(H,29,30)/t19-/m1/s1. The van der Waals surface area contributed by atoms with Crippen molar-refractivity contribution in [3.8, 4) is 0 Å². The summed E-state index contributed by atoms with van der Waals surface area (Å²) in [4.78, 5) is 20.4. The Kier molecular flexibility index (Phi) is 9.49. The second-order valence-electron chi connectivity index (χ2n) is 10.9. The van der Waals surface area contributed by atoms with E-state index in [0.29, 0.717) is 23.7 Å². The van der Waals surface area contributed by atoms with Gasteiger partial charge in [0.1, 0.15) is 0 Å². The molecule has 1 N–H and O–H groups in total. The molecule has 31 heavy (non-hydrogen) atoms. The fraction of sp³-hybridized carbons (Fsp3) is 0.875. The van der Waals surface area contributed by atoms with Gasteiger partial charge in [0.15, 0.2) is 5.82 Å². The molecule has 0 radical (unpaired) electrons. The molecule has 7 heteroatoms. The van der Waals surface area contributed by atoms with Crippen LogP contribution in [0.5, 0.6) is 0 Å². The summed E-state index contributed by atoms with van der Waals surface area (Å²) in [6.07, 6.45) is 9.48. The van der Waals surface area contributed by atoms with Crippen molar-refractivity contribution >= 4 is 5.97 Å². The number of aromatic nitrogens is 2. The zero-order valence-corrected chi connectivity index (χ0v) is 20.6. The summed E-state index contributed by atoms with van der Waals surface area (Å²) >= 11 is 0. The summed E-state index contributed by atoms with van der Waals surface area (Å²) in [5, 5.41) is 13.6. The molecule has 0 spiro atoms. The molecule has 1 aliphatic rings. The minimum Gasteiger partial charge on any atom is -0.481 e. The normalized spacial score (nSPS) is 17.9. The molecule has 7 nitrogen and oxygen atoms in total. The van der Waals surface area contributed by atoms with Gasteiger partial charge in [0, 0.05) is 19.0 Å². The third-order valence-corrected chi connectivity index (χ3v) is 7.20. The number of hydrogen-bond donors (Lipinski definition) is 1. The second-order valence-corrected chi connectivity index (χ2v) is 10.9. The third kappa shape index (κ3) is 7.86. The van der Waals surface area contributed by atoms with Crippen molar-refractivity contribution in [2.75, 3.05) is 34.2 Å². The lowest BCUT2D eigenvalue weighted by Gasteiger charge is -2.48. The first-order chi connectivity index (χ1) is 14.5. The summed E-state index contributed by atoms with van der Waals surface area (Å²) in [7, 11) is 6.13. The van der Waals surface area contributed by atoms with E-state index in [1.807, 2.05) is 21.1 Å². The topological polar surface area (TPSA) is 82.7 Å². The van der Waals surface area contributed by atoms with Gasteiger partial charge < -0.3 is 14.5 Å². The monoisotopic (exact) mass is 436 g/mol. The smallest absolute Gasteiger partial charge is 0.304 e. The molecule has 1 heterocycles.